The Bertz CT molecular complexity index is 129. The van der Waals surface area contributed by atoms with Crippen molar-refractivity contribution in [2.75, 3.05) is 5.88 Å². The largest absolute Gasteiger partial charge is 0.281 e. The number of carbonyl (C=O) groups excluding carboxylic acids is 1. The van der Waals surface area contributed by atoms with Crippen molar-refractivity contribution in [2.24, 2.45) is 5.92 Å². The molecule has 0 rings (SSSR count). The van der Waals surface area contributed by atoms with Crippen LogP contribution in [0, 0.1) is 5.92 Å². The Morgan fingerprint density at radius 1 is 1.55 bits per heavy atom. The highest BCUT2D eigenvalue weighted by Gasteiger charge is 2.13. The van der Waals surface area contributed by atoms with Crippen LogP contribution in [0.3, 0.4) is 0 Å². The zero-order valence-electron chi connectivity index (χ0n) is 5.77. The summed E-state index contributed by atoms with van der Waals surface area (Å²) < 4.78 is -0.255. The normalized spacial score (nSPS) is 16.0. The fraction of sp³-hybridized carbons (Fsp3) is 0.833. The van der Waals surface area contributed by atoms with E-state index >= 15 is 0 Å². The molecule has 0 aliphatic carbocycles. The quantitative estimate of drug-likeness (QED) is 0.440. The number of rotatable bonds is 5. The van der Waals surface area contributed by atoms with Crippen molar-refractivity contribution in [1.29, 1.82) is 0 Å². The van der Waals surface area contributed by atoms with Crippen molar-refractivity contribution in [3.63, 3.8) is 0 Å². The lowest BCUT2D eigenvalue weighted by Gasteiger charge is -2.11. The molecule has 2 unspecified atom stereocenters. The van der Waals surface area contributed by atoms with Gasteiger partial charge in [-0.1, -0.05) is 0 Å². The molecule has 0 N–H and O–H groups in total. The molecule has 0 aromatic rings. The Hall–Kier alpha value is 0.890. The number of carbonyl (C=O) groups is 1. The van der Waals surface area contributed by atoms with Crippen molar-refractivity contribution in [3.05, 3.63) is 0 Å². The van der Waals surface area contributed by atoms with E-state index in [1.54, 1.807) is 0 Å². The SMILES string of the molecule is O=C(Cl)CC(CCl)CC(S)Cl. The lowest BCUT2D eigenvalue weighted by atomic mass is 10.1. The average molecular weight is 236 g/mol. The smallest absolute Gasteiger partial charge is 0.221 e. The fourth-order valence-electron chi connectivity index (χ4n) is 0.703. The predicted octanol–water partition coefficient (Wildman–Crippen LogP) is 2.88. The second-order valence-corrected chi connectivity index (χ2v) is 4.43. The number of thiol groups is 1. The molecular formula is C6H9Cl3OS. The van der Waals surface area contributed by atoms with E-state index in [-0.39, 0.29) is 22.3 Å². The lowest BCUT2D eigenvalue weighted by molar-refractivity contribution is -0.112. The number of alkyl halides is 2. The molecule has 0 aliphatic heterocycles. The highest BCUT2D eigenvalue weighted by atomic mass is 35.5. The summed E-state index contributed by atoms with van der Waals surface area (Å²) >= 11 is 20.3. The molecule has 0 aliphatic rings. The first-order chi connectivity index (χ1) is 5.06. The minimum Gasteiger partial charge on any atom is -0.281 e. The van der Waals surface area contributed by atoms with Crippen LogP contribution in [0.25, 0.3) is 0 Å². The molecule has 0 heterocycles. The minimum atomic E-state index is -0.374. The van der Waals surface area contributed by atoms with Gasteiger partial charge in [0.1, 0.15) is 0 Å². The van der Waals surface area contributed by atoms with E-state index in [0.717, 1.165) is 0 Å². The molecule has 0 fully saturated rings. The molecule has 0 saturated carbocycles. The fourth-order valence-corrected chi connectivity index (χ4v) is 1.71. The first-order valence-electron chi connectivity index (χ1n) is 3.12. The van der Waals surface area contributed by atoms with E-state index in [1.807, 2.05) is 0 Å². The highest BCUT2D eigenvalue weighted by molar-refractivity contribution is 7.82. The summed E-state index contributed by atoms with van der Waals surface area (Å²) in [6, 6.07) is 0. The Kier molecular flexibility index (Phi) is 6.93. The molecule has 0 radical (unpaired) electrons. The van der Waals surface area contributed by atoms with Gasteiger partial charge in [0.2, 0.25) is 5.24 Å². The van der Waals surface area contributed by atoms with Crippen LogP contribution < -0.4 is 0 Å². The molecule has 0 saturated heterocycles. The van der Waals surface area contributed by atoms with E-state index < -0.39 is 0 Å². The van der Waals surface area contributed by atoms with Gasteiger partial charge in [0, 0.05) is 12.3 Å². The Morgan fingerprint density at radius 2 is 2.09 bits per heavy atom. The molecule has 0 bridgehead atoms. The topological polar surface area (TPSA) is 17.1 Å². The maximum atomic E-state index is 10.4. The van der Waals surface area contributed by atoms with Gasteiger partial charge in [-0.3, -0.25) is 4.79 Å². The van der Waals surface area contributed by atoms with Gasteiger partial charge in [-0.25, -0.2) is 0 Å². The van der Waals surface area contributed by atoms with Gasteiger partial charge >= 0.3 is 0 Å². The molecule has 5 heteroatoms. The molecular weight excluding hydrogens is 226 g/mol. The van der Waals surface area contributed by atoms with Crippen LogP contribution in [-0.4, -0.2) is 15.8 Å². The van der Waals surface area contributed by atoms with Crippen molar-refractivity contribution in [3.8, 4) is 0 Å². The van der Waals surface area contributed by atoms with Crippen molar-refractivity contribution in [2.45, 2.75) is 17.6 Å². The van der Waals surface area contributed by atoms with Gasteiger partial charge in [-0.05, 0) is 23.9 Å². The third-order valence-electron chi connectivity index (χ3n) is 1.20. The minimum absolute atomic E-state index is 0.0432. The van der Waals surface area contributed by atoms with Gasteiger partial charge in [-0.2, -0.15) is 12.6 Å². The van der Waals surface area contributed by atoms with E-state index in [1.165, 1.54) is 0 Å². The van der Waals surface area contributed by atoms with E-state index in [4.69, 9.17) is 34.8 Å². The second-order valence-electron chi connectivity index (χ2n) is 2.25. The molecule has 0 aromatic heterocycles. The standard InChI is InChI=1S/C6H9Cl3OS/c7-3-4(1-5(8)10)2-6(9)11/h4,6,11H,1-3H2. The second kappa shape index (κ2) is 6.41. The first-order valence-corrected chi connectivity index (χ1v) is 4.99. The van der Waals surface area contributed by atoms with Crippen LogP contribution in [0.2, 0.25) is 0 Å². The maximum absolute atomic E-state index is 10.4. The third kappa shape index (κ3) is 7.26. The molecule has 0 spiro atoms. The Balaban J connectivity index is 3.66. The van der Waals surface area contributed by atoms with Crippen LogP contribution >= 0.6 is 47.4 Å². The lowest BCUT2D eigenvalue weighted by Crippen LogP contribution is -2.09. The summed E-state index contributed by atoms with van der Waals surface area (Å²) in [6.07, 6.45) is 0.876. The Morgan fingerprint density at radius 3 is 2.36 bits per heavy atom. The summed E-state index contributed by atoms with van der Waals surface area (Å²) in [5.74, 6) is 0.434. The molecule has 0 amide bonds. The average Bonchev–Trinajstić information content (AvgIpc) is 1.84. The number of hydrogen-bond acceptors (Lipinski definition) is 2. The number of halogens is 3. The molecule has 0 aromatic carbocycles. The summed E-state index contributed by atoms with van der Waals surface area (Å²) in [5, 5.41) is -0.374. The number of hydrogen-bond donors (Lipinski definition) is 1. The summed E-state index contributed by atoms with van der Waals surface area (Å²) in [4.78, 5) is 10.4. The van der Waals surface area contributed by atoms with Crippen LogP contribution in [0.1, 0.15) is 12.8 Å². The molecule has 1 nitrogen and oxygen atoms in total. The first kappa shape index (κ1) is 11.9. The monoisotopic (exact) mass is 234 g/mol. The van der Waals surface area contributed by atoms with Crippen molar-refractivity contribution >= 4 is 52.7 Å². The summed E-state index contributed by atoms with van der Waals surface area (Å²) in [6.45, 7) is 0. The molecule has 2 atom stereocenters. The predicted molar refractivity (Wildman–Crippen MR) is 52.9 cm³/mol. The zero-order valence-corrected chi connectivity index (χ0v) is 8.93. The summed E-state index contributed by atoms with van der Waals surface area (Å²) in [7, 11) is 0. The molecule has 66 valence electrons. The van der Waals surface area contributed by atoms with E-state index in [9.17, 15) is 4.79 Å². The van der Waals surface area contributed by atoms with Crippen molar-refractivity contribution < 1.29 is 4.79 Å². The molecule has 11 heavy (non-hydrogen) atoms. The van der Waals surface area contributed by atoms with Crippen LogP contribution in [0.15, 0.2) is 0 Å². The zero-order chi connectivity index (χ0) is 8.85. The van der Waals surface area contributed by atoms with E-state index in [0.29, 0.717) is 12.3 Å². The summed E-state index contributed by atoms with van der Waals surface area (Å²) in [5.41, 5.74) is 0. The Labute approximate surface area is 86.8 Å². The van der Waals surface area contributed by atoms with Gasteiger partial charge in [0.15, 0.2) is 0 Å². The van der Waals surface area contributed by atoms with Gasteiger partial charge in [0.05, 0.1) is 4.71 Å². The maximum Gasteiger partial charge on any atom is 0.221 e. The van der Waals surface area contributed by atoms with Gasteiger partial charge in [0.25, 0.3) is 0 Å². The third-order valence-corrected chi connectivity index (χ3v) is 2.17. The van der Waals surface area contributed by atoms with Gasteiger partial charge < -0.3 is 0 Å². The highest BCUT2D eigenvalue weighted by Crippen LogP contribution is 2.19. The van der Waals surface area contributed by atoms with Crippen LogP contribution in [0.4, 0.5) is 0 Å². The van der Waals surface area contributed by atoms with Crippen LogP contribution in [-0.2, 0) is 4.79 Å². The van der Waals surface area contributed by atoms with Crippen molar-refractivity contribution in [1.82, 2.24) is 0 Å². The van der Waals surface area contributed by atoms with Gasteiger partial charge in [-0.15, -0.1) is 23.2 Å². The van der Waals surface area contributed by atoms with E-state index in [2.05, 4.69) is 12.6 Å². The van der Waals surface area contributed by atoms with Crippen LogP contribution in [0.5, 0.6) is 0 Å².